The van der Waals surface area contributed by atoms with Crippen LogP contribution < -0.4 is 0 Å². The van der Waals surface area contributed by atoms with Gasteiger partial charge in [-0.15, -0.1) is 0 Å². The molecule has 2 saturated carbocycles. The second-order valence-corrected chi connectivity index (χ2v) is 7.40. The molecule has 0 aliphatic heterocycles. The van der Waals surface area contributed by atoms with Crippen molar-refractivity contribution in [1.29, 1.82) is 5.26 Å². The average Bonchev–Trinajstić information content (AvgIpc) is 2.60. The van der Waals surface area contributed by atoms with Gasteiger partial charge in [-0.2, -0.15) is 5.26 Å². The van der Waals surface area contributed by atoms with Gasteiger partial charge < -0.3 is 0 Å². The summed E-state index contributed by atoms with van der Waals surface area (Å²) >= 11 is 0. The maximum atomic E-state index is 14.2. The molecule has 130 valence electrons. The summed E-state index contributed by atoms with van der Waals surface area (Å²) in [5.74, 6) is -1.29. The third kappa shape index (κ3) is 4.00. The zero-order valence-corrected chi connectivity index (χ0v) is 14.5. The van der Waals surface area contributed by atoms with E-state index in [9.17, 15) is 4.39 Å². The van der Waals surface area contributed by atoms with Gasteiger partial charge in [-0.3, -0.25) is 0 Å². The summed E-state index contributed by atoms with van der Waals surface area (Å²) in [6.07, 6.45) is 4.30. The van der Waals surface area contributed by atoms with Crippen molar-refractivity contribution in [3.63, 3.8) is 0 Å². The van der Waals surface area contributed by atoms with Crippen molar-refractivity contribution in [2.24, 2.45) is 17.8 Å². The summed E-state index contributed by atoms with van der Waals surface area (Å²) in [6.45, 7) is 2.19. The molecule has 0 radical (unpaired) electrons. The number of nitriles is 1. The minimum absolute atomic E-state index is 0.0462. The highest BCUT2D eigenvalue weighted by atomic mass is 19.1. The largest absolute Gasteiger partial charge is 0.206 e. The van der Waals surface area contributed by atoms with Gasteiger partial charge in [0.25, 0.3) is 0 Å². The highest BCUT2D eigenvalue weighted by Crippen LogP contribution is 2.48. The first-order chi connectivity index (χ1) is 13.2. The molecular formula is C22H30FN. The molecule has 1 nitrogen and oxygen atoms in total. The summed E-state index contributed by atoms with van der Waals surface area (Å²) in [4.78, 5) is 0. The minimum atomic E-state index is -1.74. The predicted octanol–water partition coefficient (Wildman–Crippen LogP) is 6.58. The Kier molecular flexibility index (Phi) is 4.39. The Labute approximate surface area is 151 Å². The van der Waals surface area contributed by atoms with Crippen LogP contribution in [0.3, 0.4) is 0 Å². The molecule has 0 heterocycles. The van der Waals surface area contributed by atoms with E-state index < -0.39 is 24.5 Å². The molecular weight excluding hydrogens is 297 g/mol. The highest BCUT2D eigenvalue weighted by Gasteiger charge is 2.35. The van der Waals surface area contributed by atoms with Crippen LogP contribution in [0.2, 0.25) is 0 Å². The number of halogens is 1. The van der Waals surface area contributed by atoms with Gasteiger partial charge in [-0.1, -0.05) is 45.1 Å². The molecule has 0 N–H and O–H groups in total. The SMILES string of the molecule is [2H]C1([2H])CC2CC(CCCCC)CCC2C([2H])([2H])C1c1ccc(C#N)c(F)c1. The van der Waals surface area contributed by atoms with Crippen LogP contribution in [0, 0.1) is 34.9 Å². The van der Waals surface area contributed by atoms with Crippen LogP contribution in [-0.2, 0) is 0 Å². The van der Waals surface area contributed by atoms with E-state index >= 15 is 0 Å². The second-order valence-electron chi connectivity index (χ2n) is 7.40. The van der Waals surface area contributed by atoms with Crippen molar-refractivity contribution in [3.8, 4) is 6.07 Å². The van der Waals surface area contributed by atoms with E-state index in [1.807, 2.05) is 0 Å². The number of rotatable bonds is 5. The van der Waals surface area contributed by atoms with E-state index in [1.54, 1.807) is 6.07 Å². The number of hydrogen-bond donors (Lipinski definition) is 0. The molecule has 2 heteroatoms. The second kappa shape index (κ2) is 8.15. The minimum Gasteiger partial charge on any atom is -0.206 e. The average molecular weight is 332 g/mol. The molecule has 1 aromatic carbocycles. The molecule has 4 unspecified atom stereocenters. The number of unbranched alkanes of at least 4 members (excludes halogenated alkanes) is 2. The smallest absolute Gasteiger partial charge is 0.141 e. The van der Waals surface area contributed by atoms with Gasteiger partial charge in [0.05, 0.1) is 5.56 Å². The summed E-state index contributed by atoms with van der Waals surface area (Å²) in [5.41, 5.74) is 0.237. The molecule has 1 aromatic rings. The molecule has 0 spiro atoms. The molecule has 2 aliphatic carbocycles. The molecule has 0 saturated heterocycles. The normalized spacial score (nSPS) is 36.4. The van der Waals surface area contributed by atoms with Crippen molar-refractivity contribution >= 4 is 0 Å². The van der Waals surface area contributed by atoms with Gasteiger partial charge in [0.15, 0.2) is 0 Å². The summed E-state index contributed by atoms with van der Waals surface area (Å²) in [5, 5.41) is 8.94. The zero-order chi connectivity index (χ0) is 20.5. The first kappa shape index (κ1) is 12.9. The zero-order valence-electron chi connectivity index (χ0n) is 18.5. The van der Waals surface area contributed by atoms with Crippen LogP contribution in [0.25, 0.3) is 0 Å². The highest BCUT2D eigenvalue weighted by molar-refractivity contribution is 5.35. The Morgan fingerprint density at radius 3 is 2.88 bits per heavy atom. The lowest BCUT2D eigenvalue weighted by Crippen LogP contribution is -2.30. The molecule has 0 aromatic heterocycles. The topological polar surface area (TPSA) is 23.8 Å². The lowest BCUT2D eigenvalue weighted by molar-refractivity contribution is 0.113. The maximum absolute atomic E-state index is 14.2. The van der Waals surface area contributed by atoms with E-state index in [2.05, 4.69) is 6.92 Å². The van der Waals surface area contributed by atoms with Crippen LogP contribution in [-0.4, -0.2) is 0 Å². The molecule has 24 heavy (non-hydrogen) atoms. The molecule has 2 aliphatic rings. The Hall–Kier alpha value is -1.36. The standard InChI is InChI=1S/C22H30FN/c1-2-3-4-5-16-6-7-18-13-19(9-8-17(18)12-16)20-10-11-21(15-24)22(23)14-20/h10-11,14,16-19H,2-9,12-13H2,1H3/i9D2,13D2. The fourth-order valence-electron chi connectivity index (χ4n) is 4.31. The summed E-state index contributed by atoms with van der Waals surface area (Å²) in [7, 11) is 0. The van der Waals surface area contributed by atoms with Crippen molar-refractivity contribution in [3.05, 3.63) is 35.1 Å². The third-order valence-corrected chi connectivity index (χ3v) is 5.72. The van der Waals surface area contributed by atoms with E-state index in [0.29, 0.717) is 17.9 Å². The van der Waals surface area contributed by atoms with Gasteiger partial charge in [-0.05, 0) is 73.4 Å². The Balaban J connectivity index is 1.84. The van der Waals surface area contributed by atoms with Crippen LogP contribution >= 0.6 is 0 Å². The van der Waals surface area contributed by atoms with Crippen molar-refractivity contribution in [1.82, 2.24) is 0 Å². The van der Waals surface area contributed by atoms with Gasteiger partial charge in [0.2, 0.25) is 0 Å². The van der Waals surface area contributed by atoms with Crippen LogP contribution in [0.15, 0.2) is 18.2 Å². The Morgan fingerprint density at radius 1 is 1.25 bits per heavy atom. The maximum Gasteiger partial charge on any atom is 0.141 e. The molecule has 3 rings (SSSR count). The van der Waals surface area contributed by atoms with Crippen molar-refractivity contribution in [2.45, 2.75) is 77.0 Å². The van der Waals surface area contributed by atoms with Crippen molar-refractivity contribution in [2.75, 3.05) is 0 Å². The summed E-state index contributed by atoms with van der Waals surface area (Å²) < 4.78 is 49.1. The van der Waals surface area contributed by atoms with Crippen LogP contribution in [0.5, 0.6) is 0 Å². The van der Waals surface area contributed by atoms with Crippen LogP contribution in [0.1, 0.15) is 93.6 Å². The number of nitrogens with zero attached hydrogens (tertiary/aromatic N) is 1. The fraction of sp³-hybridized carbons (Fsp3) is 0.682. The van der Waals surface area contributed by atoms with Gasteiger partial charge >= 0.3 is 0 Å². The number of fused-ring (bicyclic) bond motifs is 1. The molecule has 0 bridgehead atoms. The van der Waals surface area contributed by atoms with E-state index in [-0.39, 0.29) is 17.4 Å². The Morgan fingerprint density at radius 2 is 2.12 bits per heavy atom. The van der Waals surface area contributed by atoms with Crippen molar-refractivity contribution < 1.29 is 9.87 Å². The molecule has 4 atom stereocenters. The summed E-state index contributed by atoms with van der Waals surface area (Å²) in [6, 6.07) is 5.80. The molecule has 2 fully saturated rings. The number of benzene rings is 1. The van der Waals surface area contributed by atoms with E-state index in [0.717, 1.165) is 31.7 Å². The first-order valence-electron chi connectivity index (χ1n) is 11.4. The van der Waals surface area contributed by atoms with Gasteiger partial charge in [-0.25, -0.2) is 4.39 Å². The lowest BCUT2D eigenvalue weighted by Gasteiger charge is -2.42. The Bertz CT molecular complexity index is 743. The monoisotopic (exact) mass is 331 g/mol. The fourth-order valence-corrected chi connectivity index (χ4v) is 4.31. The predicted molar refractivity (Wildman–Crippen MR) is 96.2 cm³/mol. The molecule has 0 amide bonds. The lowest BCUT2D eigenvalue weighted by atomic mass is 9.63. The van der Waals surface area contributed by atoms with Gasteiger partial charge in [0, 0.05) is 5.48 Å². The van der Waals surface area contributed by atoms with E-state index in [4.69, 9.17) is 10.7 Å². The first-order valence-corrected chi connectivity index (χ1v) is 9.40. The van der Waals surface area contributed by atoms with Gasteiger partial charge in [0.1, 0.15) is 11.9 Å². The van der Waals surface area contributed by atoms with E-state index in [1.165, 1.54) is 31.4 Å². The number of hydrogen-bond acceptors (Lipinski definition) is 1. The third-order valence-electron chi connectivity index (χ3n) is 5.72. The van der Waals surface area contributed by atoms with Crippen LogP contribution in [0.4, 0.5) is 4.39 Å². The quantitative estimate of drug-likeness (QED) is 0.559.